The van der Waals surface area contributed by atoms with Crippen LogP contribution in [0.1, 0.15) is 0 Å². The van der Waals surface area contributed by atoms with E-state index >= 15 is 0 Å². The van der Waals surface area contributed by atoms with Crippen LogP contribution in [0.4, 0.5) is 4.79 Å². The van der Waals surface area contributed by atoms with Gasteiger partial charge in [-0.15, -0.1) is 11.1 Å². The molecule has 2 atom stereocenters. The Morgan fingerprint density at radius 3 is 2.08 bits per heavy atom. The molecule has 3 aliphatic heterocycles. The minimum Gasteiger partial charge on any atom is -0.247 e. The highest BCUT2D eigenvalue weighted by molar-refractivity contribution is 5.75. The number of amides is 2. The largest absolute Gasteiger partial charge is 0.356 e. The third kappa shape index (κ3) is 0.925. The number of fused-ring (bicyclic) bond motifs is 2. The van der Waals surface area contributed by atoms with Crippen molar-refractivity contribution in [3.8, 4) is 0 Å². The molecular formula is C3H9N9O. The molecule has 10 nitrogen and oxygen atoms in total. The highest BCUT2D eigenvalue weighted by Gasteiger charge is 2.44. The molecule has 3 heterocycles. The molecule has 10 heteroatoms. The summed E-state index contributed by atoms with van der Waals surface area (Å²) in [6.45, 7) is 0. The number of hydrogen-bond donors (Lipinski definition) is 7. The summed E-state index contributed by atoms with van der Waals surface area (Å²) >= 11 is 0. The highest BCUT2D eigenvalue weighted by atomic mass is 16.2. The molecule has 0 saturated carbocycles. The summed E-state index contributed by atoms with van der Waals surface area (Å²) in [5, 5.41) is 5.81. The number of carbonyl (C=O) groups is 1. The second-order valence-corrected chi connectivity index (χ2v) is 2.76. The first-order valence-electron chi connectivity index (χ1n) is 3.77. The Bertz CT molecular complexity index is 221. The van der Waals surface area contributed by atoms with Gasteiger partial charge < -0.3 is 0 Å². The van der Waals surface area contributed by atoms with Gasteiger partial charge >= 0.3 is 6.03 Å². The SMILES string of the molecule is O=C1N2NNNC2NC2NNNN12. The average Bonchev–Trinajstić information content (AvgIpc) is 2.71. The van der Waals surface area contributed by atoms with Gasteiger partial charge in [0.1, 0.15) is 0 Å². The van der Waals surface area contributed by atoms with E-state index in [0.29, 0.717) is 0 Å². The van der Waals surface area contributed by atoms with Crippen LogP contribution in [0.2, 0.25) is 0 Å². The van der Waals surface area contributed by atoms with Crippen molar-refractivity contribution in [1.29, 1.82) is 0 Å². The highest BCUT2D eigenvalue weighted by Crippen LogP contribution is 2.08. The zero-order chi connectivity index (χ0) is 8.84. The number of nitrogens with zero attached hydrogens (tertiary/aromatic N) is 2. The monoisotopic (exact) mass is 187 g/mol. The summed E-state index contributed by atoms with van der Waals surface area (Å²) in [6, 6.07) is -0.205. The lowest BCUT2D eigenvalue weighted by molar-refractivity contribution is 0.0330. The molecule has 3 aliphatic rings. The van der Waals surface area contributed by atoms with Crippen LogP contribution in [-0.2, 0) is 0 Å². The van der Waals surface area contributed by atoms with Crippen LogP contribution in [0.15, 0.2) is 0 Å². The van der Waals surface area contributed by atoms with Crippen molar-refractivity contribution in [2.24, 2.45) is 0 Å². The zero-order valence-corrected chi connectivity index (χ0v) is 6.46. The van der Waals surface area contributed by atoms with E-state index in [0.717, 1.165) is 0 Å². The van der Waals surface area contributed by atoms with Gasteiger partial charge in [-0.3, -0.25) is 0 Å². The van der Waals surface area contributed by atoms with E-state index < -0.39 is 0 Å². The lowest BCUT2D eigenvalue weighted by Crippen LogP contribution is -2.70. The molecule has 3 saturated heterocycles. The number of hydrogen-bond acceptors (Lipinski definition) is 8. The minimum absolute atomic E-state index is 0.205. The van der Waals surface area contributed by atoms with Gasteiger partial charge in [-0.1, -0.05) is 0 Å². The van der Waals surface area contributed by atoms with Gasteiger partial charge in [0.15, 0.2) is 12.6 Å². The van der Waals surface area contributed by atoms with Gasteiger partial charge in [0.05, 0.1) is 0 Å². The first-order valence-corrected chi connectivity index (χ1v) is 3.77. The van der Waals surface area contributed by atoms with Crippen LogP contribution in [0.5, 0.6) is 0 Å². The molecule has 2 amide bonds. The van der Waals surface area contributed by atoms with E-state index in [4.69, 9.17) is 0 Å². The van der Waals surface area contributed by atoms with Gasteiger partial charge in [-0.25, -0.2) is 31.0 Å². The Kier molecular flexibility index (Phi) is 1.42. The standard InChI is InChI=1S/C3H9N9O/c13-3-11-1(5-7-9-11)4-2-6-8-10-12(2)3/h1-2,4-10H. The molecule has 3 fully saturated rings. The molecule has 0 aromatic carbocycles. The molecule has 0 spiro atoms. The van der Waals surface area contributed by atoms with Crippen LogP contribution in [0.25, 0.3) is 0 Å². The number of rotatable bonds is 0. The summed E-state index contributed by atoms with van der Waals surface area (Å²) in [5.41, 5.74) is 16.2. The fourth-order valence-corrected chi connectivity index (χ4v) is 1.39. The van der Waals surface area contributed by atoms with Crippen molar-refractivity contribution < 1.29 is 4.79 Å². The molecule has 0 bridgehead atoms. The van der Waals surface area contributed by atoms with E-state index in [9.17, 15) is 4.79 Å². The molecule has 0 aliphatic carbocycles. The lowest BCUT2D eigenvalue weighted by Gasteiger charge is -2.36. The van der Waals surface area contributed by atoms with Crippen LogP contribution < -0.4 is 38.3 Å². The fraction of sp³-hybridized carbons (Fsp3) is 0.667. The van der Waals surface area contributed by atoms with Crippen molar-refractivity contribution in [3.63, 3.8) is 0 Å². The molecule has 7 N–H and O–H groups in total. The maximum Gasteiger partial charge on any atom is 0.356 e. The molecule has 0 radical (unpaired) electrons. The zero-order valence-electron chi connectivity index (χ0n) is 6.46. The third-order valence-electron chi connectivity index (χ3n) is 2.01. The van der Waals surface area contributed by atoms with Gasteiger partial charge in [0.2, 0.25) is 0 Å². The third-order valence-corrected chi connectivity index (χ3v) is 2.01. The molecule has 0 aromatic rings. The van der Waals surface area contributed by atoms with E-state index in [1.54, 1.807) is 0 Å². The van der Waals surface area contributed by atoms with Gasteiger partial charge in [-0.2, -0.15) is 11.1 Å². The van der Waals surface area contributed by atoms with E-state index in [1.165, 1.54) is 10.0 Å². The maximum absolute atomic E-state index is 11.6. The molecule has 3 rings (SSSR count). The Labute approximate surface area is 72.8 Å². The van der Waals surface area contributed by atoms with Crippen LogP contribution >= 0.6 is 0 Å². The predicted molar refractivity (Wildman–Crippen MR) is 38.6 cm³/mol. The second kappa shape index (κ2) is 2.49. The van der Waals surface area contributed by atoms with Crippen molar-refractivity contribution in [3.05, 3.63) is 0 Å². The second-order valence-electron chi connectivity index (χ2n) is 2.76. The van der Waals surface area contributed by atoms with Crippen molar-refractivity contribution in [2.75, 3.05) is 0 Å². The van der Waals surface area contributed by atoms with Crippen LogP contribution in [0, 0.1) is 0 Å². The Morgan fingerprint density at radius 2 is 1.54 bits per heavy atom. The minimum atomic E-state index is -0.275. The normalized spacial score (nSPS) is 38.0. The molecule has 0 aromatic heterocycles. The predicted octanol–water partition coefficient (Wildman–Crippen LogP) is -4.06. The number of carbonyl (C=O) groups excluding carboxylic acids is 1. The van der Waals surface area contributed by atoms with Gasteiger partial charge in [0.25, 0.3) is 0 Å². The topological polar surface area (TPSA) is 108 Å². The smallest absolute Gasteiger partial charge is 0.247 e. The molecular weight excluding hydrogens is 178 g/mol. The number of hydrazine groups is 6. The average molecular weight is 187 g/mol. The first kappa shape index (κ1) is 7.40. The molecule has 13 heavy (non-hydrogen) atoms. The number of nitrogens with one attached hydrogen (secondary N) is 7. The van der Waals surface area contributed by atoms with Gasteiger partial charge in [0, 0.05) is 0 Å². The van der Waals surface area contributed by atoms with E-state index in [1.807, 2.05) is 0 Å². The van der Waals surface area contributed by atoms with Crippen LogP contribution in [0.3, 0.4) is 0 Å². The summed E-state index contributed by atoms with van der Waals surface area (Å²) in [4.78, 5) is 11.6. The molecule has 2 unspecified atom stereocenters. The quantitative estimate of drug-likeness (QED) is 0.205. The summed E-state index contributed by atoms with van der Waals surface area (Å²) in [6.07, 6.45) is -0.550. The summed E-state index contributed by atoms with van der Waals surface area (Å²) in [7, 11) is 0. The van der Waals surface area contributed by atoms with Crippen molar-refractivity contribution in [1.82, 2.24) is 48.3 Å². The van der Waals surface area contributed by atoms with Crippen LogP contribution in [-0.4, -0.2) is 28.6 Å². The molecule has 72 valence electrons. The first-order chi connectivity index (χ1) is 6.36. The number of urea groups is 1. The Balaban J connectivity index is 1.86. The Hall–Kier alpha value is -1.01. The fourth-order valence-electron chi connectivity index (χ4n) is 1.39. The summed E-state index contributed by atoms with van der Waals surface area (Å²) < 4.78 is 0. The van der Waals surface area contributed by atoms with Gasteiger partial charge in [-0.05, 0) is 0 Å². The van der Waals surface area contributed by atoms with Crippen molar-refractivity contribution in [2.45, 2.75) is 12.6 Å². The van der Waals surface area contributed by atoms with E-state index in [-0.39, 0.29) is 18.6 Å². The lowest BCUT2D eigenvalue weighted by atomic mass is 10.6. The Morgan fingerprint density at radius 1 is 1.00 bits per heavy atom. The maximum atomic E-state index is 11.6. The summed E-state index contributed by atoms with van der Waals surface area (Å²) in [5.74, 6) is 0. The van der Waals surface area contributed by atoms with E-state index in [2.05, 4.69) is 38.3 Å². The van der Waals surface area contributed by atoms with Crippen molar-refractivity contribution >= 4 is 6.03 Å².